The molecule has 1 atom stereocenters. The monoisotopic (exact) mass is 219 g/mol. The summed E-state index contributed by atoms with van der Waals surface area (Å²) in [4.78, 5) is 13.9. The van der Waals surface area contributed by atoms with Crippen LogP contribution < -0.4 is 5.23 Å². The lowest BCUT2D eigenvalue weighted by molar-refractivity contribution is -0.994. The van der Waals surface area contributed by atoms with Crippen LogP contribution in [-0.2, 0) is 11.8 Å². The predicted octanol–water partition coefficient (Wildman–Crippen LogP) is -1.000. The Balaban J connectivity index is 2.82. The van der Waals surface area contributed by atoms with Gasteiger partial charge in [0.1, 0.15) is 6.33 Å². The second-order valence-corrected chi connectivity index (χ2v) is 3.46. The summed E-state index contributed by atoms with van der Waals surface area (Å²) in [7, 11) is 1.61. The van der Waals surface area contributed by atoms with Crippen molar-refractivity contribution >= 4 is 23.5 Å². The normalized spacial score (nSPS) is 12.8. The molecule has 0 spiro atoms. The molecule has 1 heterocycles. The highest BCUT2D eigenvalue weighted by Crippen LogP contribution is 2.22. The van der Waals surface area contributed by atoms with Gasteiger partial charge in [0, 0.05) is 7.05 Å². The molecule has 0 fully saturated rings. The number of aliphatic carboxylic acids is 1. The average Bonchev–Trinajstić information content (AvgIpc) is 2.43. The second-order valence-electron chi connectivity index (χ2n) is 2.50. The van der Waals surface area contributed by atoms with Crippen molar-refractivity contribution in [2.24, 2.45) is 7.05 Å². The van der Waals surface area contributed by atoms with Crippen LogP contribution in [-0.4, -0.2) is 31.6 Å². The summed E-state index contributed by atoms with van der Waals surface area (Å²) in [6, 6.07) is 0. The van der Waals surface area contributed by atoms with Crippen molar-refractivity contribution in [2.75, 3.05) is 5.75 Å². The van der Waals surface area contributed by atoms with E-state index < -0.39 is 11.2 Å². The van der Waals surface area contributed by atoms with E-state index >= 15 is 0 Å². The van der Waals surface area contributed by atoms with Gasteiger partial charge in [-0.15, -0.1) is 0 Å². The molecule has 3 N–H and O–H groups in total. The molecule has 0 saturated carbocycles. The maximum atomic E-state index is 10.6. The first-order valence-electron chi connectivity index (χ1n) is 3.61. The van der Waals surface area contributed by atoms with Gasteiger partial charge in [-0.25, -0.2) is 5.21 Å². The van der Waals surface area contributed by atoms with E-state index in [0.29, 0.717) is 5.03 Å². The summed E-state index contributed by atoms with van der Waals surface area (Å²) in [5.41, 5.74) is 0. The third kappa shape index (κ3) is 2.45. The predicted molar refractivity (Wildman–Crippen MR) is 47.3 cm³/mol. The lowest BCUT2D eigenvalue weighted by Crippen LogP contribution is -2.99. The minimum atomic E-state index is -1.15. The van der Waals surface area contributed by atoms with Crippen LogP contribution in [0.3, 0.4) is 0 Å². The van der Waals surface area contributed by atoms with Crippen molar-refractivity contribution in [2.45, 2.75) is 5.03 Å². The zero-order valence-electron chi connectivity index (χ0n) is 7.30. The highest BCUT2D eigenvalue weighted by atomic mass is 32.2. The number of nitrogens with zero attached hydrogens (tertiary/aromatic N) is 2. The number of aryl methyl sites for hydroxylation is 1. The number of thioether (sulfide) groups is 1. The number of nitrogens with one attached hydrogen (secondary N) is 1. The van der Waals surface area contributed by atoms with Gasteiger partial charge >= 0.3 is 5.97 Å². The molecule has 0 aromatic carbocycles. The number of hydrogen-bond acceptors (Lipinski definition) is 5. The van der Waals surface area contributed by atoms with E-state index in [0.717, 1.165) is 11.8 Å². The summed E-state index contributed by atoms with van der Waals surface area (Å²) in [5.74, 6) is -1.29. The van der Waals surface area contributed by atoms with Gasteiger partial charge in [0.2, 0.25) is 0 Å². The Morgan fingerprint density at radius 3 is 3.00 bits per heavy atom. The number of quaternary nitrogens is 1. The fourth-order valence-electron chi connectivity index (χ4n) is 0.866. The number of aromatic nitrogens is 2. The van der Waals surface area contributed by atoms with Crippen LogP contribution in [0.5, 0.6) is 0 Å². The van der Waals surface area contributed by atoms with Gasteiger partial charge < -0.3 is 14.9 Å². The van der Waals surface area contributed by atoms with Crippen LogP contribution in [0.4, 0.5) is 5.82 Å². The van der Waals surface area contributed by atoms with E-state index in [2.05, 4.69) is 4.98 Å². The summed E-state index contributed by atoms with van der Waals surface area (Å²) in [6.07, 6.45) is 1.34. The number of imidazole rings is 1. The van der Waals surface area contributed by atoms with Gasteiger partial charge in [0.05, 0.1) is 5.75 Å². The molecule has 1 aromatic rings. The number of hydrogen-bond donors (Lipinski definition) is 3. The van der Waals surface area contributed by atoms with Crippen LogP contribution in [0.1, 0.15) is 0 Å². The smallest absolute Gasteiger partial charge is 0.313 e. The fourth-order valence-corrected chi connectivity index (χ4v) is 1.65. The molecule has 78 valence electrons. The summed E-state index contributed by atoms with van der Waals surface area (Å²) in [6.45, 7) is 0. The number of carboxylic acids is 1. The fraction of sp³-hybridized carbons (Fsp3) is 0.333. The van der Waals surface area contributed by atoms with Crippen molar-refractivity contribution in [3.05, 3.63) is 11.5 Å². The first-order valence-corrected chi connectivity index (χ1v) is 4.60. The molecule has 1 unspecified atom stereocenters. The van der Waals surface area contributed by atoms with Crippen LogP contribution in [0.25, 0.3) is 0 Å². The van der Waals surface area contributed by atoms with Crippen LogP contribution in [0.2, 0.25) is 0 Å². The van der Waals surface area contributed by atoms with Crippen molar-refractivity contribution in [3.8, 4) is 0 Å². The summed E-state index contributed by atoms with van der Waals surface area (Å²) < 4.78 is 1.48. The zero-order valence-corrected chi connectivity index (χ0v) is 8.11. The van der Waals surface area contributed by atoms with E-state index in [1.54, 1.807) is 7.05 Å². The van der Waals surface area contributed by atoms with E-state index in [1.807, 2.05) is 0 Å². The number of carbonyl (C=O) groups is 1. The molecule has 0 amide bonds. The molecule has 7 nitrogen and oxygen atoms in total. The zero-order chi connectivity index (χ0) is 10.7. The van der Waals surface area contributed by atoms with Crippen LogP contribution in [0, 0.1) is 5.21 Å². The van der Waals surface area contributed by atoms with Crippen LogP contribution >= 0.6 is 11.8 Å². The first-order chi connectivity index (χ1) is 6.52. The van der Waals surface area contributed by atoms with Crippen molar-refractivity contribution in [3.63, 3.8) is 0 Å². The minimum Gasteiger partial charge on any atom is -0.594 e. The van der Waals surface area contributed by atoms with Gasteiger partial charge in [-0.2, -0.15) is 10.2 Å². The molecule has 0 aliphatic carbocycles. The van der Waals surface area contributed by atoms with Crippen molar-refractivity contribution < 1.29 is 20.3 Å². The lowest BCUT2D eigenvalue weighted by atomic mass is 10.7. The number of carboxylic acid groups (broad SMARTS) is 1. The molecular weight excluding hydrogens is 210 g/mol. The largest absolute Gasteiger partial charge is 0.594 e. The summed E-state index contributed by atoms with van der Waals surface area (Å²) >= 11 is 0.937. The molecule has 8 heteroatoms. The third-order valence-corrected chi connectivity index (χ3v) is 2.56. The topological polar surface area (TPSA) is 103 Å². The molecule has 1 rings (SSSR count). The Kier molecular flexibility index (Phi) is 3.47. The Bertz CT molecular complexity index is 338. The highest BCUT2D eigenvalue weighted by molar-refractivity contribution is 8.00. The molecule has 0 saturated heterocycles. The Morgan fingerprint density at radius 1 is 1.86 bits per heavy atom. The quantitative estimate of drug-likeness (QED) is 0.443. The molecular formula is C6H9N3O4S. The lowest BCUT2D eigenvalue weighted by Gasteiger charge is -2.10. The number of rotatable bonds is 4. The van der Waals surface area contributed by atoms with Gasteiger partial charge in [-0.3, -0.25) is 4.79 Å². The highest BCUT2D eigenvalue weighted by Gasteiger charge is 2.16. The van der Waals surface area contributed by atoms with E-state index in [1.165, 1.54) is 10.9 Å². The minimum absolute atomic E-state index is 0.112. The van der Waals surface area contributed by atoms with Gasteiger partial charge in [0.15, 0.2) is 5.03 Å². The van der Waals surface area contributed by atoms with Crippen LogP contribution in [0.15, 0.2) is 11.4 Å². The van der Waals surface area contributed by atoms with E-state index in [4.69, 9.17) is 10.3 Å². The second kappa shape index (κ2) is 4.42. The third-order valence-electron chi connectivity index (χ3n) is 1.42. The molecule has 0 radical (unpaired) electrons. The Labute approximate surface area is 83.5 Å². The van der Waals surface area contributed by atoms with Gasteiger partial charge in [0.25, 0.3) is 5.82 Å². The van der Waals surface area contributed by atoms with Crippen molar-refractivity contribution in [1.82, 2.24) is 9.55 Å². The summed E-state index contributed by atoms with van der Waals surface area (Å²) in [5, 5.41) is 27.0. The van der Waals surface area contributed by atoms with Gasteiger partial charge in [-0.05, 0) is 0 Å². The molecule has 1 aromatic heterocycles. The molecule has 14 heavy (non-hydrogen) atoms. The Morgan fingerprint density at radius 2 is 2.50 bits per heavy atom. The SMILES string of the molecule is Cn1cnc([NH+]([O-])O)c1SCC(=O)O. The van der Waals surface area contributed by atoms with E-state index in [9.17, 15) is 10.0 Å². The first kappa shape index (κ1) is 11.0. The Hall–Kier alpha value is -1.09. The standard InChI is InChI=1S/C6H9N3O4S/c1-8-3-7-5(9(12)13)6(8)14-2-4(10)11/h3,9,12H,2H2,1H3,(H,10,11). The molecule has 0 bridgehead atoms. The van der Waals surface area contributed by atoms with Gasteiger partial charge in [-0.1, -0.05) is 11.8 Å². The van der Waals surface area contributed by atoms with Crippen molar-refractivity contribution in [1.29, 1.82) is 0 Å². The average molecular weight is 219 g/mol. The molecule has 0 aliphatic heterocycles. The maximum absolute atomic E-state index is 10.6. The van der Waals surface area contributed by atoms with E-state index in [-0.39, 0.29) is 11.6 Å². The maximum Gasteiger partial charge on any atom is 0.313 e. The molecule has 0 aliphatic rings.